The fraction of sp³-hybridized carbons (Fsp3) is 0.235. The molecule has 0 heterocycles. The van der Waals surface area contributed by atoms with Crippen LogP contribution in [0.1, 0.15) is 22.8 Å². The van der Waals surface area contributed by atoms with Gasteiger partial charge in [0, 0.05) is 23.7 Å². The first-order valence-corrected chi connectivity index (χ1v) is 7.23. The van der Waals surface area contributed by atoms with Crippen LogP contribution < -0.4 is 5.32 Å². The van der Waals surface area contributed by atoms with E-state index in [9.17, 15) is 14.9 Å². The van der Waals surface area contributed by atoms with E-state index in [1.807, 2.05) is 37.3 Å². The van der Waals surface area contributed by atoms with Crippen molar-refractivity contribution in [3.05, 3.63) is 75.8 Å². The zero-order chi connectivity index (χ0) is 16.7. The lowest BCUT2D eigenvalue weighted by Crippen LogP contribution is -2.35. The fourth-order valence-electron chi connectivity index (χ4n) is 2.04. The van der Waals surface area contributed by atoms with Gasteiger partial charge < -0.3 is 10.1 Å². The molecule has 0 aliphatic rings. The number of nitrogens with one attached hydrogen (secondary N) is 1. The van der Waals surface area contributed by atoms with Crippen molar-refractivity contribution in [2.24, 2.45) is 0 Å². The zero-order valence-corrected chi connectivity index (χ0v) is 12.8. The van der Waals surface area contributed by atoms with E-state index in [-0.39, 0.29) is 23.2 Å². The van der Waals surface area contributed by atoms with Crippen LogP contribution in [-0.4, -0.2) is 23.5 Å². The molecule has 2 aromatic carbocycles. The summed E-state index contributed by atoms with van der Waals surface area (Å²) in [5.74, 6) is -0.357. The number of hydrogen-bond donors (Lipinski definition) is 1. The van der Waals surface area contributed by atoms with Gasteiger partial charge in [-0.25, -0.2) is 0 Å². The summed E-state index contributed by atoms with van der Waals surface area (Å²) in [6.07, 6.45) is 0. The number of carbonyl (C=O) groups is 1. The summed E-state index contributed by atoms with van der Waals surface area (Å²) in [4.78, 5) is 22.3. The molecule has 1 unspecified atom stereocenters. The topological polar surface area (TPSA) is 81.5 Å². The molecule has 0 spiro atoms. The van der Waals surface area contributed by atoms with Crippen molar-refractivity contribution >= 4 is 11.6 Å². The maximum atomic E-state index is 12.1. The average Bonchev–Trinajstić information content (AvgIpc) is 2.56. The number of amides is 1. The molecule has 0 aliphatic heterocycles. The molecule has 0 saturated carbocycles. The summed E-state index contributed by atoms with van der Waals surface area (Å²) in [6.45, 7) is 2.65. The van der Waals surface area contributed by atoms with Crippen LogP contribution in [0, 0.1) is 10.1 Å². The molecule has 2 rings (SSSR count). The number of hydrogen-bond acceptors (Lipinski definition) is 4. The van der Waals surface area contributed by atoms with Crippen molar-refractivity contribution in [2.45, 2.75) is 19.6 Å². The molecular formula is C17H18N2O4. The Morgan fingerprint density at radius 1 is 1.22 bits per heavy atom. The van der Waals surface area contributed by atoms with Gasteiger partial charge in [0.2, 0.25) is 0 Å². The Bertz CT molecular complexity index is 673. The molecule has 2 aromatic rings. The normalized spacial score (nSPS) is 11.7. The molecule has 0 radical (unpaired) electrons. The molecule has 23 heavy (non-hydrogen) atoms. The van der Waals surface area contributed by atoms with E-state index in [0.717, 1.165) is 5.56 Å². The second-order valence-corrected chi connectivity index (χ2v) is 5.18. The standard InChI is InChI=1S/C17H18N2O4/c1-13(11-23-12-14-6-3-2-4-7-14)18-17(20)15-8-5-9-16(10-15)19(21)22/h2-10,13H,11-12H2,1H3,(H,18,20). The van der Waals surface area contributed by atoms with Crippen molar-refractivity contribution in [1.82, 2.24) is 5.32 Å². The average molecular weight is 314 g/mol. The second kappa shape index (κ2) is 8.05. The van der Waals surface area contributed by atoms with Crippen LogP contribution in [0.3, 0.4) is 0 Å². The van der Waals surface area contributed by atoms with Crippen molar-refractivity contribution in [1.29, 1.82) is 0 Å². The molecule has 0 aliphatic carbocycles. The Morgan fingerprint density at radius 3 is 2.65 bits per heavy atom. The van der Waals surface area contributed by atoms with Crippen LogP contribution in [0.25, 0.3) is 0 Å². The van der Waals surface area contributed by atoms with E-state index < -0.39 is 4.92 Å². The van der Waals surface area contributed by atoms with Crippen molar-refractivity contribution in [3.8, 4) is 0 Å². The van der Waals surface area contributed by atoms with Crippen LogP contribution in [-0.2, 0) is 11.3 Å². The van der Waals surface area contributed by atoms with Gasteiger partial charge in [-0.3, -0.25) is 14.9 Å². The monoisotopic (exact) mass is 314 g/mol. The molecule has 0 aromatic heterocycles. The lowest BCUT2D eigenvalue weighted by atomic mass is 10.2. The first kappa shape index (κ1) is 16.6. The van der Waals surface area contributed by atoms with E-state index in [0.29, 0.717) is 13.2 Å². The number of ether oxygens (including phenoxy) is 1. The van der Waals surface area contributed by atoms with Gasteiger partial charge in [0.05, 0.1) is 18.1 Å². The lowest BCUT2D eigenvalue weighted by molar-refractivity contribution is -0.384. The van der Waals surface area contributed by atoms with Gasteiger partial charge in [-0.05, 0) is 18.6 Å². The van der Waals surface area contributed by atoms with Gasteiger partial charge in [0.1, 0.15) is 0 Å². The summed E-state index contributed by atoms with van der Waals surface area (Å²) in [7, 11) is 0. The highest BCUT2D eigenvalue weighted by Crippen LogP contribution is 2.13. The van der Waals surface area contributed by atoms with Crippen LogP contribution in [0.15, 0.2) is 54.6 Å². The first-order valence-electron chi connectivity index (χ1n) is 7.23. The third-order valence-electron chi connectivity index (χ3n) is 3.18. The first-order chi connectivity index (χ1) is 11.1. The number of benzene rings is 2. The predicted octanol–water partition coefficient (Wildman–Crippen LogP) is 2.93. The lowest BCUT2D eigenvalue weighted by Gasteiger charge is -2.14. The number of nitrogens with zero attached hydrogens (tertiary/aromatic N) is 1. The highest BCUT2D eigenvalue weighted by Gasteiger charge is 2.13. The van der Waals surface area contributed by atoms with Crippen LogP contribution in [0.4, 0.5) is 5.69 Å². The Morgan fingerprint density at radius 2 is 1.96 bits per heavy atom. The smallest absolute Gasteiger partial charge is 0.270 e. The molecule has 0 saturated heterocycles. The predicted molar refractivity (Wildman–Crippen MR) is 86.1 cm³/mol. The maximum absolute atomic E-state index is 12.1. The summed E-state index contributed by atoms with van der Waals surface area (Å²) in [5, 5.41) is 13.5. The highest BCUT2D eigenvalue weighted by atomic mass is 16.6. The molecule has 6 heteroatoms. The minimum Gasteiger partial charge on any atom is -0.375 e. The summed E-state index contributed by atoms with van der Waals surface area (Å²) >= 11 is 0. The van der Waals surface area contributed by atoms with Crippen LogP contribution >= 0.6 is 0 Å². The van der Waals surface area contributed by atoms with E-state index in [2.05, 4.69) is 5.32 Å². The van der Waals surface area contributed by atoms with Crippen molar-refractivity contribution < 1.29 is 14.5 Å². The third-order valence-corrected chi connectivity index (χ3v) is 3.18. The fourth-order valence-corrected chi connectivity index (χ4v) is 2.04. The van der Waals surface area contributed by atoms with Crippen molar-refractivity contribution in [3.63, 3.8) is 0 Å². The van der Waals surface area contributed by atoms with E-state index >= 15 is 0 Å². The van der Waals surface area contributed by atoms with Crippen LogP contribution in [0.2, 0.25) is 0 Å². The number of non-ortho nitro benzene ring substituents is 1. The Balaban J connectivity index is 1.82. The van der Waals surface area contributed by atoms with Gasteiger partial charge >= 0.3 is 0 Å². The van der Waals surface area contributed by atoms with E-state index in [1.165, 1.54) is 18.2 Å². The number of rotatable bonds is 7. The molecule has 0 bridgehead atoms. The van der Waals surface area contributed by atoms with Gasteiger partial charge in [-0.1, -0.05) is 36.4 Å². The summed E-state index contributed by atoms with van der Waals surface area (Å²) in [6, 6.07) is 15.2. The zero-order valence-electron chi connectivity index (χ0n) is 12.8. The summed E-state index contributed by atoms with van der Waals surface area (Å²) < 4.78 is 5.56. The Hall–Kier alpha value is -2.73. The second-order valence-electron chi connectivity index (χ2n) is 5.18. The number of nitro benzene ring substituents is 1. The number of nitro groups is 1. The SMILES string of the molecule is CC(COCc1ccccc1)NC(=O)c1cccc([N+](=O)[O-])c1. The highest BCUT2D eigenvalue weighted by molar-refractivity contribution is 5.94. The van der Waals surface area contributed by atoms with Gasteiger partial charge in [-0.15, -0.1) is 0 Å². The molecule has 6 nitrogen and oxygen atoms in total. The Labute approximate surface area is 134 Å². The quantitative estimate of drug-likeness (QED) is 0.629. The third kappa shape index (κ3) is 5.19. The largest absolute Gasteiger partial charge is 0.375 e. The minimum absolute atomic E-state index is 0.106. The Kier molecular flexibility index (Phi) is 5.82. The minimum atomic E-state index is -0.525. The van der Waals surface area contributed by atoms with Gasteiger partial charge in [0.15, 0.2) is 0 Å². The number of carbonyl (C=O) groups excluding carboxylic acids is 1. The summed E-state index contributed by atoms with van der Waals surface area (Å²) in [5.41, 5.74) is 1.21. The van der Waals surface area contributed by atoms with Crippen LogP contribution in [0.5, 0.6) is 0 Å². The molecular weight excluding hydrogens is 296 g/mol. The van der Waals surface area contributed by atoms with Crippen molar-refractivity contribution in [2.75, 3.05) is 6.61 Å². The molecule has 0 fully saturated rings. The molecule has 1 atom stereocenters. The molecule has 120 valence electrons. The maximum Gasteiger partial charge on any atom is 0.270 e. The molecule has 1 amide bonds. The molecule has 1 N–H and O–H groups in total. The van der Waals surface area contributed by atoms with E-state index in [1.54, 1.807) is 6.07 Å². The van der Waals surface area contributed by atoms with Gasteiger partial charge in [-0.2, -0.15) is 0 Å². The van der Waals surface area contributed by atoms with Gasteiger partial charge in [0.25, 0.3) is 11.6 Å². The van der Waals surface area contributed by atoms with E-state index in [4.69, 9.17) is 4.74 Å².